The summed E-state index contributed by atoms with van der Waals surface area (Å²) in [5.41, 5.74) is 0.925. The Morgan fingerprint density at radius 1 is 1.10 bits per heavy atom. The van der Waals surface area contributed by atoms with E-state index in [0.717, 1.165) is 11.3 Å². The van der Waals surface area contributed by atoms with Crippen molar-refractivity contribution >= 4 is 29.4 Å². The number of nitrogens with one attached hydrogen (secondary N) is 2. The van der Waals surface area contributed by atoms with E-state index >= 15 is 0 Å². The van der Waals surface area contributed by atoms with E-state index in [9.17, 15) is 9.59 Å². The summed E-state index contributed by atoms with van der Waals surface area (Å²) >= 11 is 1.25. The third-order valence-corrected chi connectivity index (χ3v) is 5.22. The van der Waals surface area contributed by atoms with E-state index in [4.69, 9.17) is 9.26 Å². The fourth-order valence-electron chi connectivity index (χ4n) is 2.52. The number of benzene rings is 2. The molecule has 0 saturated carbocycles. The van der Waals surface area contributed by atoms with Crippen LogP contribution in [-0.2, 0) is 16.1 Å². The van der Waals surface area contributed by atoms with Crippen molar-refractivity contribution in [1.29, 1.82) is 0 Å². The van der Waals surface area contributed by atoms with E-state index in [1.54, 1.807) is 19.9 Å². The molecule has 1 heterocycles. The number of carbonyl (C=O) groups is 2. The Balaban J connectivity index is 1.42. The number of carbonyl (C=O) groups excluding carboxylic acids is 2. The second-order valence-corrected chi connectivity index (χ2v) is 7.93. The Morgan fingerprint density at radius 3 is 2.60 bits per heavy atom. The maximum Gasteiger partial charge on any atom is 0.238 e. The summed E-state index contributed by atoms with van der Waals surface area (Å²) in [6.45, 7) is 3.86. The minimum atomic E-state index is -0.407. The van der Waals surface area contributed by atoms with E-state index in [-0.39, 0.29) is 17.6 Å². The fraction of sp³-hybridized carbons (Fsp3) is 0.227. The van der Waals surface area contributed by atoms with Crippen LogP contribution in [0.25, 0.3) is 0 Å². The van der Waals surface area contributed by atoms with Gasteiger partial charge in [-0.2, -0.15) is 0 Å². The first-order valence-corrected chi connectivity index (χ1v) is 10.5. The highest BCUT2D eigenvalue weighted by Gasteiger charge is 2.16. The first-order chi connectivity index (χ1) is 14.5. The van der Waals surface area contributed by atoms with Gasteiger partial charge in [-0.3, -0.25) is 9.59 Å². The number of amides is 2. The van der Waals surface area contributed by atoms with Gasteiger partial charge in [0.25, 0.3) is 0 Å². The van der Waals surface area contributed by atoms with E-state index in [1.807, 2.05) is 54.6 Å². The number of anilines is 1. The SMILES string of the molecule is Cc1cc(NC(=O)C(C)SCC(=O)NCc2cccc(Oc3ccccc3)c2)no1. The van der Waals surface area contributed by atoms with Gasteiger partial charge in [-0.05, 0) is 43.7 Å². The van der Waals surface area contributed by atoms with Crippen molar-refractivity contribution < 1.29 is 18.8 Å². The molecule has 0 radical (unpaired) electrons. The Bertz CT molecular complexity index is 991. The Kier molecular flexibility index (Phi) is 7.51. The van der Waals surface area contributed by atoms with Crippen molar-refractivity contribution in [2.24, 2.45) is 0 Å². The molecular formula is C22H23N3O4S. The molecule has 1 unspecified atom stereocenters. The molecule has 3 rings (SSSR count). The Hall–Kier alpha value is -3.26. The van der Waals surface area contributed by atoms with Gasteiger partial charge >= 0.3 is 0 Å². The molecule has 0 fully saturated rings. The topological polar surface area (TPSA) is 93.5 Å². The number of aryl methyl sites for hydroxylation is 1. The van der Waals surface area contributed by atoms with Crippen molar-refractivity contribution in [3.8, 4) is 11.5 Å². The Morgan fingerprint density at radius 2 is 1.87 bits per heavy atom. The highest BCUT2D eigenvalue weighted by Crippen LogP contribution is 2.22. The molecule has 8 heteroatoms. The van der Waals surface area contributed by atoms with Crippen molar-refractivity contribution in [2.45, 2.75) is 25.6 Å². The predicted octanol–water partition coefficient (Wildman–Crippen LogP) is 4.15. The average Bonchev–Trinajstić information content (AvgIpc) is 3.16. The smallest absolute Gasteiger partial charge is 0.238 e. The molecule has 0 spiro atoms. The molecule has 3 aromatic rings. The molecule has 0 aliphatic rings. The number of thioether (sulfide) groups is 1. The molecule has 2 N–H and O–H groups in total. The van der Waals surface area contributed by atoms with Gasteiger partial charge in [0, 0.05) is 12.6 Å². The summed E-state index contributed by atoms with van der Waals surface area (Å²) in [5.74, 6) is 2.24. The van der Waals surface area contributed by atoms with Gasteiger partial charge in [0.05, 0.1) is 11.0 Å². The molecule has 30 heavy (non-hydrogen) atoms. The largest absolute Gasteiger partial charge is 0.457 e. The van der Waals surface area contributed by atoms with Gasteiger partial charge in [-0.15, -0.1) is 11.8 Å². The van der Waals surface area contributed by atoms with Gasteiger partial charge in [-0.1, -0.05) is 35.5 Å². The molecule has 0 saturated heterocycles. The molecular weight excluding hydrogens is 402 g/mol. The van der Waals surface area contributed by atoms with E-state index in [0.29, 0.717) is 23.9 Å². The Labute approximate surface area is 179 Å². The van der Waals surface area contributed by atoms with Gasteiger partial charge in [0.1, 0.15) is 17.3 Å². The van der Waals surface area contributed by atoms with E-state index in [2.05, 4.69) is 15.8 Å². The van der Waals surface area contributed by atoms with Gasteiger partial charge in [0.2, 0.25) is 11.8 Å². The lowest BCUT2D eigenvalue weighted by Crippen LogP contribution is -2.28. The van der Waals surface area contributed by atoms with Crippen LogP contribution in [-0.4, -0.2) is 28.0 Å². The zero-order valence-corrected chi connectivity index (χ0v) is 17.6. The van der Waals surface area contributed by atoms with Crippen LogP contribution in [0, 0.1) is 6.92 Å². The lowest BCUT2D eigenvalue weighted by Gasteiger charge is -2.11. The third-order valence-electron chi connectivity index (χ3n) is 4.08. The first kappa shape index (κ1) is 21.4. The molecule has 1 aromatic heterocycles. The van der Waals surface area contributed by atoms with Crippen LogP contribution in [0.5, 0.6) is 11.5 Å². The minimum absolute atomic E-state index is 0.147. The maximum absolute atomic E-state index is 12.2. The number of nitrogens with zero attached hydrogens (tertiary/aromatic N) is 1. The number of ether oxygens (including phenoxy) is 1. The summed E-state index contributed by atoms with van der Waals surface area (Å²) in [6.07, 6.45) is 0. The van der Waals surface area contributed by atoms with Crippen LogP contribution in [0.15, 0.2) is 65.2 Å². The van der Waals surface area contributed by atoms with Crippen molar-refractivity contribution in [3.63, 3.8) is 0 Å². The highest BCUT2D eigenvalue weighted by atomic mass is 32.2. The van der Waals surface area contributed by atoms with Crippen molar-refractivity contribution in [2.75, 3.05) is 11.1 Å². The average molecular weight is 426 g/mol. The van der Waals surface area contributed by atoms with E-state index < -0.39 is 5.25 Å². The summed E-state index contributed by atoms with van der Waals surface area (Å²) in [7, 11) is 0. The van der Waals surface area contributed by atoms with Gasteiger partial charge in [0.15, 0.2) is 5.82 Å². The van der Waals surface area contributed by atoms with Crippen LogP contribution in [0.3, 0.4) is 0 Å². The number of rotatable bonds is 9. The normalized spacial score (nSPS) is 11.5. The molecule has 0 bridgehead atoms. The van der Waals surface area contributed by atoms with Crippen LogP contribution in [0.2, 0.25) is 0 Å². The molecule has 2 amide bonds. The van der Waals surface area contributed by atoms with Crippen LogP contribution >= 0.6 is 11.8 Å². The van der Waals surface area contributed by atoms with Gasteiger partial charge < -0.3 is 19.9 Å². The number of hydrogen-bond acceptors (Lipinski definition) is 6. The second kappa shape index (κ2) is 10.5. The van der Waals surface area contributed by atoms with Crippen molar-refractivity contribution in [1.82, 2.24) is 10.5 Å². The number of hydrogen-bond donors (Lipinski definition) is 2. The standard InChI is InChI=1S/C22H23N3O4S/c1-15-11-20(25-29-15)24-22(27)16(2)30-14-21(26)23-13-17-7-6-10-19(12-17)28-18-8-4-3-5-9-18/h3-12,16H,13-14H2,1-2H3,(H,23,26)(H,24,25,27). The maximum atomic E-state index is 12.2. The van der Waals surface area contributed by atoms with Crippen LogP contribution in [0.4, 0.5) is 5.82 Å². The molecule has 1 atom stereocenters. The van der Waals surface area contributed by atoms with Crippen molar-refractivity contribution in [3.05, 3.63) is 72.0 Å². The third kappa shape index (κ3) is 6.66. The molecule has 0 aliphatic heterocycles. The zero-order chi connectivity index (χ0) is 21.3. The lowest BCUT2D eigenvalue weighted by molar-refractivity contribution is -0.118. The summed E-state index contributed by atoms with van der Waals surface area (Å²) in [5, 5.41) is 8.84. The lowest BCUT2D eigenvalue weighted by atomic mass is 10.2. The van der Waals surface area contributed by atoms with Crippen LogP contribution in [0.1, 0.15) is 18.2 Å². The zero-order valence-electron chi connectivity index (χ0n) is 16.8. The monoisotopic (exact) mass is 425 g/mol. The quantitative estimate of drug-likeness (QED) is 0.535. The molecule has 2 aromatic carbocycles. The minimum Gasteiger partial charge on any atom is -0.457 e. The summed E-state index contributed by atoms with van der Waals surface area (Å²) < 4.78 is 10.7. The van der Waals surface area contributed by atoms with Gasteiger partial charge in [-0.25, -0.2) is 0 Å². The van der Waals surface area contributed by atoms with Crippen LogP contribution < -0.4 is 15.4 Å². The molecule has 7 nitrogen and oxygen atoms in total. The van der Waals surface area contributed by atoms with E-state index in [1.165, 1.54) is 11.8 Å². The molecule has 0 aliphatic carbocycles. The number of para-hydroxylation sites is 1. The summed E-state index contributed by atoms with van der Waals surface area (Å²) in [4.78, 5) is 24.3. The first-order valence-electron chi connectivity index (χ1n) is 9.44. The fourth-order valence-corrected chi connectivity index (χ4v) is 3.24. The number of aromatic nitrogens is 1. The second-order valence-electron chi connectivity index (χ2n) is 6.60. The summed E-state index contributed by atoms with van der Waals surface area (Å²) in [6, 6.07) is 18.7. The predicted molar refractivity (Wildman–Crippen MR) is 117 cm³/mol. The molecule has 156 valence electrons. The highest BCUT2D eigenvalue weighted by molar-refractivity contribution is 8.01.